The van der Waals surface area contributed by atoms with Crippen molar-refractivity contribution in [2.45, 2.75) is 13.8 Å². The smallest absolute Gasteiger partial charge is 0.358 e. The maximum absolute atomic E-state index is 11.1. The Morgan fingerprint density at radius 2 is 1.76 bits per heavy atom. The van der Waals surface area contributed by atoms with E-state index in [9.17, 15) is 20.6 Å². The Balaban J connectivity index is 3.01. The third-order valence-corrected chi connectivity index (χ3v) is 3.11. The lowest BCUT2D eigenvalue weighted by atomic mass is 9.97. The van der Waals surface area contributed by atoms with Crippen molar-refractivity contribution >= 4 is 5.82 Å². The molecule has 0 saturated carbocycles. The molecule has 0 bridgehead atoms. The van der Waals surface area contributed by atoms with Gasteiger partial charge in [-0.3, -0.25) is 4.98 Å². The molecule has 0 saturated heterocycles. The van der Waals surface area contributed by atoms with Crippen LogP contribution in [0.4, 0.5) is 5.82 Å². The number of hydrogen-bond donors (Lipinski definition) is 0. The Hall–Kier alpha value is -3.26. The highest BCUT2D eigenvalue weighted by molar-refractivity contribution is 5.80. The predicted molar refractivity (Wildman–Crippen MR) is 72.0 cm³/mol. The summed E-state index contributed by atoms with van der Waals surface area (Å²) in [4.78, 5) is 18.4. The molecule has 8 heteroatoms. The molecule has 0 atom stereocenters. The molecule has 0 N–H and O–H groups in total. The highest BCUT2D eigenvalue weighted by Crippen LogP contribution is 2.35. The quantitative estimate of drug-likeness (QED) is 0.610. The second-order valence-corrected chi connectivity index (χ2v) is 4.42. The Kier molecular flexibility index (Phi) is 3.38. The van der Waals surface area contributed by atoms with E-state index in [1.807, 2.05) is 12.1 Å². The Morgan fingerprint density at radius 1 is 1.24 bits per heavy atom. The second kappa shape index (κ2) is 5.02. The van der Waals surface area contributed by atoms with E-state index in [2.05, 4.69) is 9.97 Å². The first-order valence-corrected chi connectivity index (χ1v) is 5.89. The summed E-state index contributed by atoms with van der Waals surface area (Å²) < 4.78 is 1.42. The van der Waals surface area contributed by atoms with E-state index in [4.69, 9.17) is 0 Å². The zero-order valence-electron chi connectivity index (χ0n) is 11.6. The summed E-state index contributed by atoms with van der Waals surface area (Å²) in [6.07, 6.45) is 1.28. The van der Waals surface area contributed by atoms with Crippen molar-refractivity contribution in [2.24, 2.45) is 7.05 Å². The van der Waals surface area contributed by atoms with Crippen LogP contribution in [-0.2, 0) is 7.05 Å². The van der Waals surface area contributed by atoms with Crippen LogP contribution in [0.25, 0.3) is 11.3 Å². The van der Waals surface area contributed by atoms with Crippen LogP contribution in [0.5, 0.6) is 0 Å². The maximum Gasteiger partial charge on any atom is 0.389 e. The molecule has 2 aromatic heterocycles. The van der Waals surface area contributed by atoms with Crippen molar-refractivity contribution in [1.29, 1.82) is 10.5 Å². The van der Waals surface area contributed by atoms with Crippen molar-refractivity contribution in [1.82, 2.24) is 14.5 Å². The van der Waals surface area contributed by atoms with Crippen LogP contribution in [0, 0.1) is 46.6 Å². The molecule has 0 amide bonds. The average Bonchev–Trinajstić information content (AvgIpc) is 2.79. The van der Waals surface area contributed by atoms with Crippen LogP contribution in [0.2, 0.25) is 0 Å². The van der Waals surface area contributed by atoms with Crippen LogP contribution >= 0.6 is 0 Å². The molecular formula is C13H10N6O2. The average molecular weight is 282 g/mol. The minimum atomic E-state index is -0.636. The monoisotopic (exact) mass is 282 g/mol. The third-order valence-electron chi connectivity index (χ3n) is 3.11. The number of pyridine rings is 1. The fourth-order valence-corrected chi connectivity index (χ4v) is 2.20. The SMILES string of the molecule is Cc1nc(C)c(C#N)c(-c2c([N+](=O)[O-])ncn2C)c1C#N. The zero-order chi connectivity index (χ0) is 15.7. The van der Waals surface area contributed by atoms with E-state index in [0.717, 1.165) is 0 Å². The summed E-state index contributed by atoms with van der Waals surface area (Å²) in [5, 5.41) is 29.8. The van der Waals surface area contributed by atoms with Gasteiger partial charge in [-0.25, -0.2) is 0 Å². The van der Waals surface area contributed by atoms with E-state index >= 15 is 0 Å². The van der Waals surface area contributed by atoms with Crippen LogP contribution < -0.4 is 0 Å². The molecule has 2 aromatic rings. The minimum Gasteiger partial charge on any atom is -0.358 e. The van der Waals surface area contributed by atoms with Crippen LogP contribution in [-0.4, -0.2) is 19.5 Å². The molecule has 0 aromatic carbocycles. The van der Waals surface area contributed by atoms with E-state index in [-0.39, 0.29) is 22.4 Å². The molecule has 104 valence electrons. The first-order chi connectivity index (χ1) is 9.92. The normalized spacial score (nSPS) is 9.95. The fraction of sp³-hybridized carbons (Fsp3) is 0.231. The molecule has 8 nitrogen and oxygen atoms in total. The van der Waals surface area contributed by atoms with Gasteiger partial charge in [-0.05, 0) is 23.8 Å². The van der Waals surface area contributed by atoms with E-state index in [0.29, 0.717) is 11.4 Å². The minimum absolute atomic E-state index is 0.127. The van der Waals surface area contributed by atoms with Gasteiger partial charge in [0.2, 0.25) is 6.33 Å². The number of imidazole rings is 1. The van der Waals surface area contributed by atoms with Gasteiger partial charge in [0.25, 0.3) is 0 Å². The predicted octanol–water partition coefficient (Wildman–Crippen LogP) is 1.75. The van der Waals surface area contributed by atoms with Crippen molar-refractivity contribution in [2.75, 3.05) is 0 Å². The molecule has 0 fully saturated rings. The van der Waals surface area contributed by atoms with E-state index in [1.165, 1.54) is 10.9 Å². The molecule has 0 unspecified atom stereocenters. The number of nitrogens with zero attached hydrogens (tertiary/aromatic N) is 6. The van der Waals surface area contributed by atoms with Gasteiger partial charge in [-0.15, -0.1) is 0 Å². The molecule has 2 rings (SSSR count). The fourth-order valence-electron chi connectivity index (χ4n) is 2.20. The van der Waals surface area contributed by atoms with Crippen molar-refractivity contribution in [3.8, 4) is 23.4 Å². The number of aromatic nitrogens is 3. The van der Waals surface area contributed by atoms with Gasteiger partial charge in [-0.1, -0.05) is 0 Å². The Morgan fingerprint density at radius 3 is 2.19 bits per heavy atom. The summed E-state index contributed by atoms with van der Waals surface area (Å²) in [5.74, 6) is -0.393. The lowest BCUT2D eigenvalue weighted by Crippen LogP contribution is -2.05. The molecule has 0 aliphatic rings. The largest absolute Gasteiger partial charge is 0.389 e. The van der Waals surface area contributed by atoms with Gasteiger partial charge in [0.15, 0.2) is 5.69 Å². The summed E-state index contributed by atoms with van der Waals surface area (Å²) in [6, 6.07) is 3.94. The van der Waals surface area contributed by atoms with Crippen LogP contribution in [0.3, 0.4) is 0 Å². The number of aryl methyl sites for hydroxylation is 3. The number of nitro groups is 1. The number of hydrogen-bond acceptors (Lipinski definition) is 6. The van der Waals surface area contributed by atoms with Crippen LogP contribution in [0.1, 0.15) is 22.5 Å². The Labute approximate surface area is 120 Å². The summed E-state index contributed by atoms with van der Waals surface area (Å²) in [5.41, 5.74) is 1.45. The molecule has 0 radical (unpaired) electrons. The topological polar surface area (TPSA) is 121 Å². The van der Waals surface area contributed by atoms with Crippen molar-refractivity contribution in [3.63, 3.8) is 0 Å². The van der Waals surface area contributed by atoms with E-state index < -0.39 is 10.7 Å². The summed E-state index contributed by atoms with van der Waals surface area (Å²) >= 11 is 0. The summed E-state index contributed by atoms with van der Waals surface area (Å²) in [7, 11) is 1.57. The summed E-state index contributed by atoms with van der Waals surface area (Å²) in [6.45, 7) is 3.25. The number of nitriles is 2. The molecular weight excluding hydrogens is 272 g/mol. The van der Waals surface area contributed by atoms with E-state index in [1.54, 1.807) is 20.9 Å². The maximum atomic E-state index is 11.1. The zero-order valence-corrected chi connectivity index (χ0v) is 11.6. The van der Waals surface area contributed by atoms with Gasteiger partial charge in [-0.2, -0.15) is 10.5 Å². The molecule has 0 aliphatic carbocycles. The Bertz CT molecular complexity index is 800. The van der Waals surface area contributed by atoms with Crippen molar-refractivity contribution < 1.29 is 4.92 Å². The first kappa shape index (κ1) is 14.2. The first-order valence-electron chi connectivity index (χ1n) is 5.89. The lowest BCUT2D eigenvalue weighted by molar-refractivity contribution is -0.388. The van der Waals surface area contributed by atoms with Gasteiger partial charge in [0.1, 0.15) is 12.1 Å². The highest BCUT2D eigenvalue weighted by atomic mass is 16.6. The standard InChI is InChI=1S/C13H10N6O2/c1-7-9(4-14)11(10(5-15)8(2)17-7)12-13(19(20)21)16-6-18(12)3/h6H,1-3H3. The molecule has 0 spiro atoms. The van der Waals surface area contributed by atoms with Gasteiger partial charge >= 0.3 is 5.82 Å². The molecule has 21 heavy (non-hydrogen) atoms. The third kappa shape index (κ3) is 2.09. The highest BCUT2D eigenvalue weighted by Gasteiger charge is 2.28. The lowest BCUT2D eigenvalue weighted by Gasteiger charge is -2.11. The molecule has 2 heterocycles. The number of rotatable bonds is 2. The van der Waals surface area contributed by atoms with Crippen LogP contribution in [0.15, 0.2) is 6.33 Å². The van der Waals surface area contributed by atoms with Gasteiger partial charge < -0.3 is 14.7 Å². The van der Waals surface area contributed by atoms with Crippen molar-refractivity contribution in [3.05, 3.63) is 39.0 Å². The molecule has 0 aliphatic heterocycles. The second-order valence-electron chi connectivity index (χ2n) is 4.42. The van der Waals surface area contributed by atoms with Gasteiger partial charge in [0, 0.05) is 12.6 Å². The van der Waals surface area contributed by atoms with Gasteiger partial charge in [0.05, 0.1) is 22.5 Å².